The van der Waals surface area contributed by atoms with Crippen molar-refractivity contribution in [2.45, 2.75) is 5.60 Å². The molecule has 78 valence electrons. The summed E-state index contributed by atoms with van der Waals surface area (Å²) >= 11 is 0. The third-order valence-electron chi connectivity index (χ3n) is 2.35. The maximum absolute atomic E-state index is 11.4. The monoisotopic (exact) mass is 208 g/mol. The molecule has 0 saturated carbocycles. The lowest BCUT2D eigenvalue weighted by molar-refractivity contribution is -0.498. The van der Waals surface area contributed by atoms with E-state index in [1.54, 1.807) is 18.2 Å². The number of carbonyl (C=O) groups excluding carboxylic acids is 1. The van der Waals surface area contributed by atoms with Crippen molar-refractivity contribution in [2.75, 3.05) is 11.9 Å². The number of para-hydroxylation sites is 1. The zero-order valence-corrected chi connectivity index (χ0v) is 7.64. The second-order valence-electron chi connectivity index (χ2n) is 3.35. The van der Waals surface area contributed by atoms with Crippen LogP contribution in [0.1, 0.15) is 5.56 Å². The number of benzene rings is 1. The van der Waals surface area contributed by atoms with Crippen molar-refractivity contribution in [2.24, 2.45) is 0 Å². The minimum Gasteiger partial charge on any atom is -0.370 e. The van der Waals surface area contributed by atoms with Crippen LogP contribution in [-0.2, 0) is 10.4 Å². The Labute approximate surface area is 84.7 Å². The van der Waals surface area contributed by atoms with Gasteiger partial charge in [-0.25, -0.2) is 0 Å². The zero-order valence-electron chi connectivity index (χ0n) is 7.64. The summed E-state index contributed by atoms with van der Waals surface area (Å²) in [7, 11) is 0. The highest BCUT2D eigenvalue weighted by Gasteiger charge is 2.49. The molecule has 0 aliphatic carbocycles. The van der Waals surface area contributed by atoms with Crippen LogP contribution >= 0.6 is 0 Å². The van der Waals surface area contributed by atoms with Crippen LogP contribution in [0.15, 0.2) is 24.3 Å². The van der Waals surface area contributed by atoms with Gasteiger partial charge in [-0.15, -0.1) is 0 Å². The smallest absolute Gasteiger partial charge is 0.268 e. The molecule has 0 fully saturated rings. The van der Waals surface area contributed by atoms with Gasteiger partial charge in [-0.1, -0.05) is 18.2 Å². The third-order valence-corrected chi connectivity index (χ3v) is 2.35. The van der Waals surface area contributed by atoms with E-state index in [0.717, 1.165) is 0 Å². The first kappa shape index (κ1) is 9.60. The van der Waals surface area contributed by atoms with Crippen LogP contribution in [0, 0.1) is 10.1 Å². The van der Waals surface area contributed by atoms with Crippen LogP contribution in [0.25, 0.3) is 0 Å². The summed E-state index contributed by atoms with van der Waals surface area (Å²) in [6, 6.07) is 6.38. The van der Waals surface area contributed by atoms with Gasteiger partial charge in [0.05, 0.1) is 0 Å². The molecule has 1 atom stereocenters. The number of fused-ring (bicyclic) bond motifs is 1. The van der Waals surface area contributed by atoms with E-state index in [0.29, 0.717) is 5.69 Å². The number of nitrogens with one attached hydrogen (secondary N) is 1. The average molecular weight is 208 g/mol. The molecule has 6 heteroatoms. The molecule has 1 aliphatic heterocycles. The van der Waals surface area contributed by atoms with E-state index in [2.05, 4.69) is 5.32 Å². The number of amides is 1. The summed E-state index contributed by atoms with van der Waals surface area (Å²) in [6.45, 7) is -0.824. The summed E-state index contributed by atoms with van der Waals surface area (Å²) in [4.78, 5) is 21.1. The minimum atomic E-state index is -2.04. The van der Waals surface area contributed by atoms with Crippen molar-refractivity contribution < 1.29 is 14.8 Å². The van der Waals surface area contributed by atoms with Gasteiger partial charge >= 0.3 is 0 Å². The van der Waals surface area contributed by atoms with Crippen molar-refractivity contribution in [1.82, 2.24) is 0 Å². The van der Waals surface area contributed by atoms with Crippen LogP contribution in [-0.4, -0.2) is 22.5 Å². The lowest BCUT2D eigenvalue weighted by atomic mass is 9.96. The normalized spacial score (nSPS) is 23.4. The van der Waals surface area contributed by atoms with E-state index < -0.39 is 23.0 Å². The number of aliphatic hydroxyl groups is 1. The summed E-state index contributed by atoms with van der Waals surface area (Å²) in [5.41, 5.74) is -1.36. The van der Waals surface area contributed by atoms with Crippen LogP contribution in [0.5, 0.6) is 0 Å². The predicted molar refractivity (Wildman–Crippen MR) is 50.8 cm³/mol. The van der Waals surface area contributed by atoms with Crippen molar-refractivity contribution >= 4 is 11.6 Å². The fourth-order valence-corrected chi connectivity index (χ4v) is 1.64. The number of nitro groups is 1. The second kappa shape index (κ2) is 3.03. The van der Waals surface area contributed by atoms with Crippen LogP contribution in [0.4, 0.5) is 5.69 Å². The molecule has 1 aromatic carbocycles. The molecule has 1 amide bonds. The lowest BCUT2D eigenvalue weighted by Crippen LogP contribution is -2.40. The van der Waals surface area contributed by atoms with Gasteiger partial charge < -0.3 is 10.4 Å². The Balaban J connectivity index is 2.49. The summed E-state index contributed by atoms with van der Waals surface area (Å²) in [5.74, 6) is -0.750. The van der Waals surface area contributed by atoms with Gasteiger partial charge in [0.25, 0.3) is 5.91 Å². The first-order valence-electron chi connectivity index (χ1n) is 4.29. The highest BCUT2D eigenvalue weighted by Crippen LogP contribution is 2.35. The molecule has 0 unspecified atom stereocenters. The maximum Gasteiger partial charge on any atom is 0.268 e. The van der Waals surface area contributed by atoms with E-state index >= 15 is 0 Å². The van der Waals surface area contributed by atoms with Gasteiger partial charge in [-0.05, 0) is 6.07 Å². The van der Waals surface area contributed by atoms with Gasteiger partial charge in [0.2, 0.25) is 12.1 Å². The Hall–Kier alpha value is -1.95. The SMILES string of the molecule is O=C1Nc2ccccc2[C@@]1(O)C[N+](=O)[O-]. The number of carbonyl (C=O) groups is 1. The quantitative estimate of drug-likeness (QED) is 0.532. The van der Waals surface area contributed by atoms with E-state index in [1.807, 2.05) is 0 Å². The first-order chi connectivity index (χ1) is 7.04. The molecular weight excluding hydrogens is 200 g/mol. The van der Waals surface area contributed by atoms with Crippen molar-refractivity contribution in [1.29, 1.82) is 0 Å². The van der Waals surface area contributed by atoms with Crippen LogP contribution < -0.4 is 5.32 Å². The van der Waals surface area contributed by atoms with E-state index in [9.17, 15) is 20.0 Å². The number of rotatable bonds is 2. The van der Waals surface area contributed by atoms with E-state index in [4.69, 9.17) is 0 Å². The Bertz CT molecular complexity index is 445. The molecule has 6 nitrogen and oxygen atoms in total. The average Bonchev–Trinajstić information content (AvgIpc) is 2.39. The largest absolute Gasteiger partial charge is 0.370 e. The Morgan fingerprint density at radius 3 is 2.80 bits per heavy atom. The molecule has 2 rings (SSSR count). The molecule has 0 bridgehead atoms. The van der Waals surface area contributed by atoms with Gasteiger partial charge in [0.15, 0.2) is 0 Å². The summed E-state index contributed by atoms with van der Waals surface area (Å²) in [5, 5.41) is 22.7. The van der Waals surface area contributed by atoms with E-state index in [1.165, 1.54) is 6.07 Å². The molecule has 1 aromatic rings. The molecule has 1 aliphatic rings. The van der Waals surface area contributed by atoms with Gasteiger partial charge in [-0.2, -0.15) is 0 Å². The number of nitrogens with zero attached hydrogens (tertiary/aromatic N) is 1. The standard InChI is InChI=1S/C9H8N2O4/c12-8-9(13,5-11(14)15)6-3-1-2-4-7(6)10-8/h1-4,13H,5H2,(H,10,12)/t9-/m0/s1. The zero-order chi connectivity index (χ0) is 11.1. The van der Waals surface area contributed by atoms with E-state index in [-0.39, 0.29) is 5.56 Å². The van der Waals surface area contributed by atoms with Gasteiger partial charge in [-0.3, -0.25) is 14.9 Å². The lowest BCUT2D eigenvalue weighted by Gasteiger charge is -2.14. The molecule has 0 radical (unpaired) electrons. The molecule has 1 heterocycles. The van der Waals surface area contributed by atoms with Crippen LogP contribution in [0.3, 0.4) is 0 Å². The maximum atomic E-state index is 11.4. The Morgan fingerprint density at radius 2 is 2.13 bits per heavy atom. The number of anilines is 1. The third kappa shape index (κ3) is 1.35. The summed E-state index contributed by atoms with van der Waals surface area (Å²) < 4.78 is 0. The summed E-state index contributed by atoms with van der Waals surface area (Å²) in [6.07, 6.45) is 0. The Morgan fingerprint density at radius 1 is 1.47 bits per heavy atom. The topological polar surface area (TPSA) is 92.5 Å². The molecule has 0 aromatic heterocycles. The number of hydrogen-bond donors (Lipinski definition) is 2. The van der Waals surface area contributed by atoms with Crippen molar-refractivity contribution in [3.63, 3.8) is 0 Å². The fourth-order valence-electron chi connectivity index (χ4n) is 1.64. The highest BCUT2D eigenvalue weighted by atomic mass is 16.6. The molecular formula is C9H8N2O4. The predicted octanol–water partition coefficient (Wildman–Crippen LogP) is 0.103. The molecule has 15 heavy (non-hydrogen) atoms. The Kier molecular flexibility index (Phi) is 1.94. The van der Waals surface area contributed by atoms with Crippen molar-refractivity contribution in [3.8, 4) is 0 Å². The van der Waals surface area contributed by atoms with Crippen LogP contribution in [0.2, 0.25) is 0 Å². The minimum absolute atomic E-state index is 0.256. The van der Waals surface area contributed by atoms with Gasteiger partial charge in [0, 0.05) is 16.2 Å². The number of hydrogen-bond acceptors (Lipinski definition) is 4. The highest BCUT2D eigenvalue weighted by molar-refractivity contribution is 6.04. The fraction of sp³-hybridized carbons (Fsp3) is 0.222. The van der Waals surface area contributed by atoms with Gasteiger partial charge in [0.1, 0.15) is 0 Å². The first-order valence-corrected chi connectivity index (χ1v) is 4.29. The molecule has 0 spiro atoms. The molecule has 2 N–H and O–H groups in total. The molecule has 0 saturated heterocycles. The van der Waals surface area contributed by atoms with Crippen molar-refractivity contribution in [3.05, 3.63) is 39.9 Å². The second-order valence-corrected chi connectivity index (χ2v) is 3.35.